The summed E-state index contributed by atoms with van der Waals surface area (Å²) in [5.74, 6) is -1.43. The molecule has 1 heterocycles. The van der Waals surface area contributed by atoms with Crippen LogP contribution in [0.5, 0.6) is 0 Å². The number of alkyl halides is 3. The van der Waals surface area contributed by atoms with Crippen molar-refractivity contribution < 1.29 is 27.6 Å². The van der Waals surface area contributed by atoms with Crippen molar-refractivity contribution in [2.45, 2.75) is 19.1 Å². The number of rotatable bonds is 5. The molecule has 0 aliphatic carbocycles. The maximum atomic E-state index is 12.7. The smallest absolute Gasteiger partial charge is 0.352 e. The molecule has 146 valence electrons. The molecule has 5 nitrogen and oxygen atoms in total. The predicted molar refractivity (Wildman–Crippen MR) is 97.4 cm³/mol. The molecule has 1 aliphatic rings. The molecule has 0 fully saturated rings. The van der Waals surface area contributed by atoms with Gasteiger partial charge in [0.25, 0.3) is 11.8 Å². The van der Waals surface area contributed by atoms with Crippen LogP contribution < -0.4 is 5.32 Å². The second kappa shape index (κ2) is 7.75. The molecule has 0 spiro atoms. The number of nitrogens with one attached hydrogen (secondary N) is 1. The molecule has 3 rings (SSSR count). The standard InChI is InChI=1S/C19H14BrF3N2O3/c20-13-4-5-14-15(9-13)18(28)25(17(14)27)7-6-16(26)24-10-11-2-1-3-12(8-11)19(21,22)23/h1-5,8-9H,6-7,10H2,(H,24,26). The lowest BCUT2D eigenvalue weighted by molar-refractivity contribution is -0.137. The maximum Gasteiger partial charge on any atom is 0.416 e. The van der Waals surface area contributed by atoms with Crippen LogP contribution in [0.15, 0.2) is 46.9 Å². The molecule has 28 heavy (non-hydrogen) atoms. The van der Waals surface area contributed by atoms with Crippen molar-refractivity contribution in [1.82, 2.24) is 10.2 Å². The molecule has 2 aromatic rings. The van der Waals surface area contributed by atoms with E-state index in [1.165, 1.54) is 18.2 Å². The van der Waals surface area contributed by atoms with Crippen LogP contribution in [0.3, 0.4) is 0 Å². The van der Waals surface area contributed by atoms with Gasteiger partial charge in [-0.3, -0.25) is 19.3 Å². The minimum atomic E-state index is -4.46. The van der Waals surface area contributed by atoms with E-state index in [0.29, 0.717) is 10.0 Å². The summed E-state index contributed by atoms with van der Waals surface area (Å²) in [5, 5.41) is 2.50. The Labute approximate surface area is 166 Å². The fourth-order valence-corrected chi connectivity index (χ4v) is 3.19. The first-order valence-electron chi connectivity index (χ1n) is 8.25. The highest BCUT2D eigenvalue weighted by molar-refractivity contribution is 9.10. The number of amides is 3. The average molecular weight is 455 g/mol. The number of nitrogens with zero attached hydrogens (tertiary/aromatic N) is 1. The van der Waals surface area contributed by atoms with Crippen LogP contribution in [-0.2, 0) is 17.5 Å². The highest BCUT2D eigenvalue weighted by Crippen LogP contribution is 2.29. The molecule has 1 aliphatic heterocycles. The molecule has 9 heteroatoms. The lowest BCUT2D eigenvalue weighted by Gasteiger charge is -2.14. The van der Waals surface area contributed by atoms with Crippen LogP contribution in [0.1, 0.15) is 38.3 Å². The van der Waals surface area contributed by atoms with Crippen molar-refractivity contribution in [3.8, 4) is 0 Å². The van der Waals surface area contributed by atoms with Gasteiger partial charge in [-0.1, -0.05) is 28.1 Å². The van der Waals surface area contributed by atoms with Gasteiger partial charge in [0.15, 0.2) is 0 Å². The quantitative estimate of drug-likeness (QED) is 0.699. The molecule has 0 aromatic heterocycles. The Hall–Kier alpha value is -2.68. The van der Waals surface area contributed by atoms with Gasteiger partial charge in [0.2, 0.25) is 5.91 Å². The number of imide groups is 1. The highest BCUT2D eigenvalue weighted by atomic mass is 79.9. The third-order valence-electron chi connectivity index (χ3n) is 4.24. The van der Waals surface area contributed by atoms with Crippen molar-refractivity contribution in [2.24, 2.45) is 0 Å². The van der Waals surface area contributed by atoms with E-state index >= 15 is 0 Å². The van der Waals surface area contributed by atoms with E-state index in [1.807, 2.05) is 0 Å². The zero-order chi connectivity index (χ0) is 20.5. The van der Waals surface area contributed by atoms with Crippen molar-refractivity contribution in [1.29, 1.82) is 0 Å². The van der Waals surface area contributed by atoms with E-state index in [1.54, 1.807) is 12.1 Å². The normalized spacial score (nSPS) is 13.6. The number of carbonyl (C=O) groups is 3. The molecule has 0 unspecified atom stereocenters. The first-order valence-corrected chi connectivity index (χ1v) is 9.04. The first kappa shape index (κ1) is 20.1. The summed E-state index contributed by atoms with van der Waals surface area (Å²) in [6.07, 6.45) is -4.61. The number of fused-ring (bicyclic) bond motifs is 1. The third kappa shape index (κ3) is 4.24. The Bertz CT molecular complexity index is 960. The molecular formula is C19H14BrF3N2O3. The Kier molecular flexibility index (Phi) is 5.55. The second-order valence-corrected chi connectivity index (χ2v) is 7.09. The second-order valence-electron chi connectivity index (χ2n) is 6.18. The molecule has 0 atom stereocenters. The van der Waals surface area contributed by atoms with E-state index in [2.05, 4.69) is 21.2 Å². The summed E-state index contributed by atoms with van der Waals surface area (Å²) >= 11 is 3.24. The average Bonchev–Trinajstić information content (AvgIpc) is 2.88. The first-order chi connectivity index (χ1) is 13.2. The van der Waals surface area contributed by atoms with Crippen LogP contribution >= 0.6 is 15.9 Å². The monoisotopic (exact) mass is 454 g/mol. The summed E-state index contributed by atoms with van der Waals surface area (Å²) in [7, 11) is 0. The van der Waals surface area contributed by atoms with Crippen LogP contribution in [-0.4, -0.2) is 29.2 Å². The van der Waals surface area contributed by atoms with E-state index in [4.69, 9.17) is 0 Å². The largest absolute Gasteiger partial charge is 0.416 e. The van der Waals surface area contributed by atoms with Gasteiger partial charge in [-0.15, -0.1) is 0 Å². The van der Waals surface area contributed by atoms with Crippen LogP contribution in [0.4, 0.5) is 13.2 Å². The van der Waals surface area contributed by atoms with Crippen LogP contribution in [0.25, 0.3) is 0 Å². The van der Waals surface area contributed by atoms with Crippen LogP contribution in [0.2, 0.25) is 0 Å². The fraction of sp³-hybridized carbons (Fsp3) is 0.211. The van der Waals surface area contributed by atoms with Gasteiger partial charge in [-0.25, -0.2) is 0 Å². The lowest BCUT2D eigenvalue weighted by Crippen LogP contribution is -2.34. The lowest BCUT2D eigenvalue weighted by atomic mass is 10.1. The number of carbonyl (C=O) groups excluding carboxylic acids is 3. The molecular weight excluding hydrogens is 441 g/mol. The predicted octanol–water partition coefficient (Wildman–Crippen LogP) is 3.77. The minimum absolute atomic E-state index is 0.0855. The van der Waals surface area contributed by atoms with Gasteiger partial charge < -0.3 is 5.32 Å². The van der Waals surface area contributed by atoms with E-state index < -0.39 is 29.5 Å². The van der Waals surface area contributed by atoms with Gasteiger partial charge in [0.05, 0.1) is 16.7 Å². The van der Waals surface area contributed by atoms with Crippen molar-refractivity contribution >= 4 is 33.7 Å². The Morgan fingerprint density at radius 2 is 1.75 bits per heavy atom. The summed E-state index contributed by atoms with van der Waals surface area (Å²) in [6, 6.07) is 9.37. The van der Waals surface area contributed by atoms with E-state index in [0.717, 1.165) is 17.0 Å². The number of benzene rings is 2. The van der Waals surface area contributed by atoms with Gasteiger partial charge in [0, 0.05) is 24.0 Å². The van der Waals surface area contributed by atoms with Gasteiger partial charge in [-0.2, -0.15) is 13.2 Å². The summed E-state index contributed by atoms with van der Waals surface area (Å²) < 4.78 is 38.8. The van der Waals surface area contributed by atoms with Gasteiger partial charge in [-0.05, 0) is 35.9 Å². The van der Waals surface area contributed by atoms with E-state index in [9.17, 15) is 27.6 Å². The maximum absolute atomic E-state index is 12.7. The molecule has 2 aromatic carbocycles. The molecule has 3 amide bonds. The summed E-state index contributed by atoms with van der Waals surface area (Å²) in [4.78, 5) is 37.6. The minimum Gasteiger partial charge on any atom is -0.352 e. The molecule has 0 bridgehead atoms. The summed E-state index contributed by atoms with van der Waals surface area (Å²) in [5.41, 5.74) is 0.0477. The summed E-state index contributed by atoms with van der Waals surface area (Å²) in [6.45, 7) is -0.198. The topological polar surface area (TPSA) is 66.5 Å². The Morgan fingerprint density at radius 3 is 2.46 bits per heavy atom. The van der Waals surface area contributed by atoms with E-state index in [-0.39, 0.29) is 30.6 Å². The van der Waals surface area contributed by atoms with Gasteiger partial charge >= 0.3 is 6.18 Å². The number of halogens is 4. The zero-order valence-corrected chi connectivity index (χ0v) is 15.9. The molecule has 1 N–H and O–H groups in total. The Morgan fingerprint density at radius 1 is 1.04 bits per heavy atom. The SMILES string of the molecule is O=C(CCN1C(=O)c2ccc(Br)cc2C1=O)NCc1cccc(C(F)(F)F)c1. The highest BCUT2D eigenvalue weighted by Gasteiger charge is 2.35. The number of hydrogen-bond acceptors (Lipinski definition) is 3. The van der Waals surface area contributed by atoms with Crippen molar-refractivity contribution in [3.63, 3.8) is 0 Å². The molecule has 0 saturated carbocycles. The fourth-order valence-electron chi connectivity index (χ4n) is 2.83. The zero-order valence-electron chi connectivity index (χ0n) is 14.3. The van der Waals surface area contributed by atoms with Crippen LogP contribution in [0, 0.1) is 0 Å². The Balaban J connectivity index is 1.56. The number of hydrogen-bond donors (Lipinski definition) is 1. The molecule has 0 saturated heterocycles. The van der Waals surface area contributed by atoms with Gasteiger partial charge in [0.1, 0.15) is 0 Å². The molecule has 0 radical (unpaired) electrons. The van der Waals surface area contributed by atoms with Crippen molar-refractivity contribution in [3.05, 3.63) is 69.2 Å². The third-order valence-corrected chi connectivity index (χ3v) is 4.73. The van der Waals surface area contributed by atoms with Crippen molar-refractivity contribution in [2.75, 3.05) is 6.54 Å².